The lowest BCUT2D eigenvalue weighted by Gasteiger charge is -2.60. The van der Waals surface area contributed by atoms with Gasteiger partial charge in [-0.2, -0.15) is 0 Å². The van der Waals surface area contributed by atoms with E-state index in [0.717, 1.165) is 37.7 Å². The van der Waals surface area contributed by atoms with E-state index in [1.165, 1.54) is 6.42 Å². The molecule has 5 rings (SSSR count). The van der Waals surface area contributed by atoms with Crippen LogP contribution in [0.25, 0.3) is 0 Å². The van der Waals surface area contributed by atoms with Gasteiger partial charge in [0.15, 0.2) is 0 Å². The lowest BCUT2D eigenvalue weighted by atomic mass is 9.47. The van der Waals surface area contributed by atoms with Gasteiger partial charge in [0, 0.05) is 24.4 Å². The quantitative estimate of drug-likeness (QED) is 0.683. The molecule has 4 nitrogen and oxygen atoms in total. The van der Waals surface area contributed by atoms with Crippen LogP contribution in [0.1, 0.15) is 71.8 Å². The summed E-state index contributed by atoms with van der Waals surface area (Å²) in [4.78, 5) is 28.0. The van der Waals surface area contributed by atoms with Gasteiger partial charge in [0.05, 0.1) is 5.54 Å². The van der Waals surface area contributed by atoms with Crippen molar-refractivity contribution in [2.45, 2.75) is 77.8 Å². The first-order valence-electron chi connectivity index (χ1n) is 12.9. The first kappa shape index (κ1) is 22.7. The Balaban J connectivity index is 1.36. The molecule has 4 heteroatoms. The summed E-state index contributed by atoms with van der Waals surface area (Å²) in [5.41, 5.74) is 0.902. The van der Waals surface area contributed by atoms with Crippen LogP contribution >= 0.6 is 0 Å². The van der Waals surface area contributed by atoms with Crippen molar-refractivity contribution < 1.29 is 9.59 Å². The zero-order valence-electron chi connectivity index (χ0n) is 20.9. The van der Waals surface area contributed by atoms with Crippen molar-refractivity contribution in [1.29, 1.82) is 0 Å². The summed E-state index contributed by atoms with van der Waals surface area (Å²) in [6.45, 7) is 9.02. The summed E-state index contributed by atoms with van der Waals surface area (Å²) in [5.74, 6) is 2.31. The Morgan fingerprint density at radius 2 is 1.76 bits per heavy atom. The second kappa shape index (κ2) is 7.71. The van der Waals surface area contributed by atoms with Gasteiger partial charge in [0.25, 0.3) is 0 Å². The van der Waals surface area contributed by atoms with Crippen molar-refractivity contribution >= 4 is 11.8 Å². The van der Waals surface area contributed by atoms with Crippen molar-refractivity contribution in [3.8, 4) is 0 Å². The van der Waals surface area contributed by atoms with Crippen molar-refractivity contribution in [3.63, 3.8) is 0 Å². The van der Waals surface area contributed by atoms with Gasteiger partial charge in [0.1, 0.15) is 0 Å². The maximum Gasteiger partial charge on any atom is 0.246 e. The monoisotopic (exact) mass is 448 g/mol. The molecule has 178 valence electrons. The second-order valence-electron chi connectivity index (χ2n) is 12.3. The molecule has 3 aliphatic carbocycles. The number of nitrogens with one attached hydrogen (secondary N) is 1. The number of hydrogen-bond acceptors (Lipinski definition) is 2. The summed E-state index contributed by atoms with van der Waals surface area (Å²) in [7, 11) is 1.98. The highest BCUT2D eigenvalue weighted by Crippen LogP contribution is 2.65. The van der Waals surface area contributed by atoms with Crippen LogP contribution in [-0.2, 0) is 15.1 Å². The molecule has 1 N–H and O–H groups in total. The Hall–Kier alpha value is -2.10. The van der Waals surface area contributed by atoms with E-state index < -0.39 is 0 Å². The molecule has 0 saturated heterocycles. The molecule has 3 fully saturated rings. The standard InChI is InChI=1S/C29H40N2O2/c1-27(2,19-9-7-6-8-10-19)30-26(33)23-13-12-21-20-11-14-24-29(4,18-16-25(32)31(24)5)22(20)15-17-28(21,23)3/h6-10,16,18,20-24H,11-15,17H2,1-5H3,(H,30,33)/t20-,21-,22+,23?,24?,28-,29+/m0/s1. The molecule has 3 saturated carbocycles. The van der Waals surface area contributed by atoms with E-state index >= 15 is 0 Å². The van der Waals surface area contributed by atoms with Gasteiger partial charge in [0.2, 0.25) is 11.8 Å². The van der Waals surface area contributed by atoms with Crippen LogP contribution in [0.15, 0.2) is 42.5 Å². The molecule has 0 radical (unpaired) electrons. The SMILES string of the molecule is CN1C(=O)C=C[C@@]2(C)C1CC[C@@H]1[C@H]2CC[C@]2(C)C(C(=O)NC(C)(C)c3ccccc3)CC[C@@H]12. The number of nitrogens with zero attached hydrogens (tertiary/aromatic N) is 1. The first-order valence-corrected chi connectivity index (χ1v) is 12.9. The highest BCUT2D eigenvalue weighted by Gasteiger charge is 2.61. The number of carbonyl (C=O) groups is 2. The van der Waals surface area contributed by atoms with E-state index in [2.05, 4.69) is 51.2 Å². The van der Waals surface area contributed by atoms with Crippen molar-refractivity contribution in [3.05, 3.63) is 48.0 Å². The number of rotatable bonds is 3. The van der Waals surface area contributed by atoms with E-state index in [0.29, 0.717) is 23.8 Å². The molecule has 1 aliphatic heterocycles. The predicted molar refractivity (Wildman–Crippen MR) is 131 cm³/mol. The average Bonchev–Trinajstić information content (AvgIpc) is 3.14. The molecule has 1 aromatic carbocycles. The molecule has 7 atom stereocenters. The number of likely N-dealkylation sites (N-methyl/N-ethyl adjacent to an activating group) is 1. The van der Waals surface area contributed by atoms with E-state index in [1.54, 1.807) is 0 Å². The highest BCUT2D eigenvalue weighted by molar-refractivity contribution is 5.89. The van der Waals surface area contributed by atoms with Crippen LogP contribution in [0.2, 0.25) is 0 Å². The maximum atomic E-state index is 13.7. The number of carbonyl (C=O) groups excluding carboxylic acids is 2. The molecule has 1 aromatic rings. The molecular weight excluding hydrogens is 408 g/mol. The molecule has 4 aliphatic rings. The Bertz CT molecular complexity index is 969. The van der Waals surface area contributed by atoms with Crippen molar-refractivity contribution in [1.82, 2.24) is 10.2 Å². The van der Waals surface area contributed by atoms with Crippen LogP contribution in [0.5, 0.6) is 0 Å². The number of hydrogen-bond donors (Lipinski definition) is 1. The second-order valence-corrected chi connectivity index (χ2v) is 12.3. The Kier molecular flexibility index (Phi) is 5.30. The van der Waals surface area contributed by atoms with Crippen LogP contribution in [-0.4, -0.2) is 29.8 Å². The maximum absolute atomic E-state index is 13.7. The fourth-order valence-corrected chi connectivity index (χ4v) is 8.49. The molecule has 0 spiro atoms. The van der Waals surface area contributed by atoms with Gasteiger partial charge >= 0.3 is 0 Å². The molecule has 0 bridgehead atoms. The smallest absolute Gasteiger partial charge is 0.246 e. The van der Waals surface area contributed by atoms with E-state index in [9.17, 15) is 9.59 Å². The minimum Gasteiger partial charge on any atom is -0.347 e. The van der Waals surface area contributed by atoms with Gasteiger partial charge in [-0.15, -0.1) is 0 Å². The van der Waals surface area contributed by atoms with Crippen molar-refractivity contribution in [2.24, 2.45) is 34.5 Å². The molecule has 0 aromatic heterocycles. The summed E-state index contributed by atoms with van der Waals surface area (Å²) in [6, 6.07) is 10.6. The van der Waals surface area contributed by atoms with Crippen LogP contribution in [0.3, 0.4) is 0 Å². The van der Waals surface area contributed by atoms with Gasteiger partial charge in [-0.1, -0.05) is 50.3 Å². The molecule has 2 amide bonds. The van der Waals surface area contributed by atoms with Gasteiger partial charge in [-0.25, -0.2) is 0 Å². The van der Waals surface area contributed by atoms with Gasteiger partial charge in [-0.3, -0.25) is 9.59 Å². The molecule has 1 heterocycles. The Labute approximate surface area is 199 Å². The summed E-state index contributed by atoms with van der Waals surface area (Å²) >= 11 is 0. The lowest BCUT2D eigenvalue weighted by molar-refractivity contribution is -0.143. The Morgan fingerprint density at radius 1 is 1.03 bits per heavy atom. The summed E-state index contributed by atoms with van der Waals surface area (Å²) in [6.07, 6.45) is 10.7. The average molecular weight is 449 g/mol. The van der Waals surface area contributed by atoms with Crippen LogP contribution < -0.4 is 5.32 Å². The van der Waals surface area contributed by atoms with E-state index in [1.807, 2.05) is 36.2 Å². The topological polar surface area (TPSA) is 49.4 Å². The van der Waals surface area contributed by atoms with E-state index in [4.69, 9.17) is 0 Å². The third-order valence-electron chi connectivity index (χ3n) is 10.4. The summed E-state index contributed by atoms with van der Waals surface area (Å²) < 4.78 is 0. The minimum atomic E-state index is -0.375. The third kappa shape index (κ3) is 3.39. The number of benzene rings is 1. The van der Waals surface area contributed by atoms with Crippen molar-refractivity contribution in [2.75, 3.05) is 7.05 Å². The zero-order valence-corrected chi connectivity index (χ0v) is 20.9. The highest BCUT2D eigenvalue weighted by atomic mass is 16.2. The first-order chi connectivity index (χ1) is 15.6. The number of fused-ring (bicyclic) bond motifs is 5. The zero-order chi connectivity index (χ0) is 23.6. The van der Waals surface area contributed by atoms with E-state index in [-0.39, 0.29) is 34.1 Å². The lowest BCUT2D eigenvalue weighted by Crippen LogP contribution is -2.60. The third-order valence-corrected chi connectivity index (χ3v) is 10.4. The fraction of sp³-hybridized carbons (Fsp3) is 0.655. The van der Waals surface area contributed by atoms with Gasteiger partial charge in [-0.05, 0) is 87.2 Å². The largest absolute Gasteiger partial charge is 0.347 e. The molecule has 33 heavy (non-hydrogen) atoms. The summed E-state index contributed by atoms with van der Waals surface area (Å²) in [5, 5.41) is 3.41. The fourth-order valence-electron chi connectivity index (χ4n) is 8.49. The van der Waals surface area contributed by atoms with Crippen LogP contribution in [0, 0.1) is 34.5 Å². The predicted octanol–water partition coefficient (Wildman–Crippen LogP) is 5.29. The normalized spacial score (nSPS) is 40.1. The number of amides is 2. The van der Waals surface area contributed by atoms with Crippen LogP contribution in [0.4, 0.5) is 0 Å². The van der Waals surface area contributed by atoms with Gasteiger partial charge < -0.3 is 10.2 Å². The molecule has 2 unspecified atom stereocenters. The Morgan fingerprint density at radius 3 is 2.48 bits per heavy atom. The minimum absolute atomic E-state index is 0.0581. The molecular formula is C29H40N2O2.